The van der Waals surface area contributed by atoms with E-state index in [0.717, 1.165) is 4.88 Å². The standard InChI is InChI=1S/C22H19FN4O3S/c1-12(28)24-15-3-2-4-16(11-15)25-21(30)17-9-10-18-19(17)26-22(31-18)27-20(29)13-5-7-14(23)8-6-13/h2-8,11,17H,9-10H2,1H3,(H,24,28)(H,25,30)(H,26,27,29). The average Bonchev–Trinajstić information content (AvgIpc) is 3.28. The van der Waals surface area contributed by atoms with Crippen LogP contribution in [0.15, 0.2) is 48.5 Å². The fraction of sp³-hybridized carbons (Fsp3) is 0.182. The summed E-state index contributed by atoms with van der Waals surface area (Å²) in [7, 11) is 0. The lowest BCUT2D eigenvalue weighted by Crippen LogP contribution is -2.20. The van der Waals surface area contributed by atoms with Gasteiger partial charge in [0.15, 0.2) is 5.13 Å². The maximum absolute atomic E-state index is 13.0. The Labute approximate surface area is 181 Å². The van der Waals surface area contributed by atoms with E-state index in [9.17, 15) is 18.8 Å². The van der Waals surface area contributed by atoms with Crippen molar-refractivity contribution in [3.63, 3.8) is 0 Å². The van der Waals surface area contributed by atoms with Crippen molar-refractivity contribution in [2.75, 3.05) is 16.0 Å². The second kappa shape index (κ2) is 8.65. The van der Waals surface area contributed by atoms with E-state index in [0.29, 0.717) is 40.6 Å². The van der Waals surface area contributed by atoms with Gasteiger partial charge in [-0.2, -0.15) is 0 Å². The van der Waals surface area contributed by atoms with Crippen LogP contribution in [0.1, 0.15) is 40.2 Å². The summed E-state index contributed by atoms with van der Waals surface area (Å²) in [5.74, 6) is -1.61. The van der Waals surface area contributed by atoms with Crippen LogP contribution in [0.5, 0.6) is 0 Å². The van der Waals surface area contributed by atoms with Gasteiger partial charge in [0.2, 0.25) is 11.8 Å². The Morgan fingerprint density at radius 1 is 1.03 bits per heavy atom. The molecule has 0 bridgehead atoms. The number of carbonyl (C=O) groups excluding carboxylic acids is 3. The second-order valence-electron chi connectivity index (χ2n) is 7.13. The van der Waals surface area contributed by atoms with Crippen molar-refractivity contribution in [2.45, 2.75) is 25.7 Å². The number of rotatable bonds is 5. The number of amides is 3. The number of thiazole rings is 1. The number of nitrogens with one attached hydrogen (secondary N) is 3. The van der Waals surface area contributed by atoms with Gasteiger partial charge in [-0.05, 0) is 55.3 Å². The molecule has 1 aromatic heterocycles. The number of hydrogen-bond donors (Lipinski definition) is 3. The van der Waals surface area contributed by atoms with Crippen LogP contribution in [0, 0.1) is 5.82 Å². The van der Waals surface area contributed by atoms with E-state index in [2.05, 4.69) is 20.9 Å². The molecule has 0 saturated heterocycles. The van der Waals surface area contributed by atoms with Gasteiger partial charge in [-0.1, -0.05) is 6.07 Å². The number of nitrogens with zero attached hydrogens (tertiary/aromatic N) is 1. The highest BCUT2D eigenvalue weighted by atomic mass is 32.1. The van der Waals surface area contributed by atoms with Crippen molar-refractivity contribution in [1.29, 1.82) is 0 Å². The molecular formula is C22H19FN4O3S. The van der Waals surface area contributed by atoms with Crippen LogP contribution >= 0.6 is 11.3 Å². The van der Waals surface area contributed by atoms with Gasteiger partial charge in [0, 0.05) is 28.7 Å². The zero-order chi connectivity index (χ0) is 22.0. The third-order valence-electron chi connectivity index (χ3n) is 4.81. The molecule has 3 N–H and O–H groups in total. The molecule has 1 unspecified atom stereocenters. The number of halogens is 1. The molecule has 3 amide bonds. The van der Waals surface area contributed by atoms with Crippen LogP contribution < -0.4 is 16.0 Å². The fourth-order valence-corrected chi connectivity index (χ4v) is 4.45. The highest BCUT2D eigenvalue weighted by molar-refractivity contribution is 7.16. The Hall–Kier alpha value is -3.59. The molecule has 4 rings (SSSR count). The first kappa shape index (κ1) is 20.7. The predicted molar refractivity (Wildman–Crippen MR) is 117 cm³/mol. The van der Waals surface area contributed by atoms with Crippen molar-refractivity contribution < 1.29 is 18.8 Å². The first-order valence-corrected chi connectivity index (χ1v) is 10.5. The third kappa shape index (κ3) is 4.77. The highest BCUT2D eigenvalue weighted by Gasteiger charge is 2.33. The molecule has 9 heteroatoms. The Balaban J connectivity index is 1.44. The van der Waals surface area contributed by atoms with Crippen molar-refractivity contribution in [3.05, 3.63) is 70.5 Å². The average molecular weight is 438 g/mol. The molecule has 2 aromatic carbocycles. The van der Waals surface area contributed by atoms with Gasteiger partial charge in [-0.15, -0.1) is 11.3 Å². The summed E-state index contributed by atoms with van der Waals surface area (Å²) in [5.41, 5.74) is 2.15. The highest BCUT2D eigenvalue weighted by Crippen LogP contribution is 2.39. The molecule has 0 radical (unpaired) electrons. The number of fused-ring (bicyclic) bond motifs is 1. The van der Waals surface area contributed by atoms with Crippen LogP contribution in [0.3, 0.4) is 0 Å². The predicted octanol–water partition coefficient (Wildman–Crippen LogP) is 4.16. The number of carbonyl (C=O) groups is 3. The molecule has 31 heavy (non-hydrogen) atoms. The molecule has 1 atom stereocenters. The first-order chi connectivity index (χ1) is 14.9. The number of aromatic nitrogens is 1. The van der Waals surface area contributed by atoms with E-state index in [4.69, 9.17) is 0 Å². The molecular weight excluding hydrogens is 419 g/mol. The normalized spacial score (nSPS) is 14.6. The summed E-state index contributed by atoms with van der Waals surface area (Å²) in [6, 6.07) is 12.2. The molecule has 0 saturated carbocycles. The van der Waals surface area contributed by atoms with Gasteiger partial charge in [0.25, 0.3) is 5.91 Å². The molecule has 1 aliphatic carbocycles. The monoisotopic (exact) mass is 438 g/mol. The van der Waals surface area contributed by atoms with Crippen LogP contribution in [0.4, 0.5) is 20.9 Å². The molecule has 0 aliphatic heterocycles. The molecule has 3 aromatic rings. The lowest BCUT2D eigenvalue weighted by molar-refractivity contribution is -0.117. The molecule has 7 nitrogen and oxygen atoms in total. The Morgan fingerprint density at radius 2 is 1.74 bits per heavy atom. The summed E-state index contributed by atoms with van der Waals surface area (Å²) in [6.07, 6.45) is 1.33. The van der Waals surface area contributed by atoms with E-state index in [-0.39, 0.29) is 17.7 Å². The minimum Gasteiger partial charge on any atom is -0.326 e. The minimum atomic E-state index is -0.424. The molecule has 158 valence electrons. The zero-order valence-electron chi connectivity index (χ0n) is 16.6. The summed E-state index contributed by atoms with van der Waals surface area (Å²) >= 11 is 1.34. The topological polar surface area (TPSA) is 100 Å². The Kier molecular flexibility index (Phi) is 5.77. The third-order valence-corrected chi connectivity index (χ3v) is 5.86. The molecule has 0 fully saturated rings. The summed E-state index contributed by atoms with van der Waals surface area (Å²) < 4.78 is 13.0. The summed E-state index contributed by atoms with van der Waals surface area (Å²) in [5, 5.41) is 8.67. The number of benzene rings is 2. The quantitative estimate of drug-likeness (QED) is 0.557. The van der Waals surface area contributed by atoms with Crippen LogP contribution in [-0.2, 0) is 16.0 Å². The van der Waals surface area contributed by atoms with Crippen molar-refractivity contribution in [3.8, 4) is 0 Å². The number of anilines is 3. The van der Waals surface area contributed by atoms with Crippen molar-refractivity contribution >= 4 is 45.6 Å². The van der Waals surface area contributed by atoms with E-state index >= 15 is 0 Å². The van der Waals surface area contributed by atoms with E-state index in [1.807, 2.05) is 0 Å². The van der Waals surface area contributed by atoms with Gasteiger partial charge >= 0.3 is 0 Å². The summed E-state index contributed by atoms with van der Waals surface area (Å²) in [6.45, 7) is 1.42. The van der Waals surface area contributed by atoms with Crippen molar-refractivity contribution in [1.82, 2.24) is 4.98 Å². The molecule has 1 heterocycles. The van der Waals surface area contributed by atoms with E-state index < -0.39 is 11.7 Å². The van der Waals surface area contributed by atoms with Crippen LogP contribution in [-0.4, -0.2) is 22.7 Å². The first-order valence-electron chi connectivity index (χ1n) is 9.64. The maximum atomic E-state index is 13.0. The molecule has 1 aliphatic rings. The second-order valence-corrected chi connectivity index (χ2v) is 8.21. The lowest BCUT2D eigenvalue weighted by Gasteiger charge is -2.12. The largest absolute Gasteiger partial charge is 0.326 e. The van der Waals surface area contributed by atoms with Gasteiger partial charge in [-0.3, -0.25) is 19.7 Å². The van der Waals surface area contributed by atoms with Gasteiger partial charge in [0.1, 0.15) is 5.82 Å². The smallest absolute Gasteiger partial charge is 0.257 e. The Morgan fingerprint density at radius 3 is 2.45 bits per heavy atom. The zero-order valence-corrected chi connectivity index (χ0v) is 17.4. The fourth-order valence-electron chi connectivity index (χ4n) is 3.41. The van der Waals surface area contributed by atoms with E-state index in [1.54, 1.807) is 24.3 Å². The van der Waals surface area contributed by atoms with Gasteiger partial charge in [0.05, 0.1) is 11.6 Å². The Bertz CT molecular complexity index is 1160. The SMILES string of the molecule is CC(=O)Nc1cccc(NC(=O)C2CCc3sc(NC(=O)c4ccc(F)cc4)nc32)c1. The van der Waals surface area contributed by atoms with Gasteiger partial charge in [-0.25, -0.2) is 9.37 Å². The lowest BCUT2D eigenvalue weighted by atomic mass is 10.1. The maximum Gasteiger partial charge on any atom is 0.257 e. The van der Waals surface area contributed by atoms with Crippen LogP contribution in [0.25, 0.3) is 0 Å². The molecule has 0 spiro atoms. The van der Waals surface area contributed by atoms with E-state index in [1.165, 1.54) is 42.5 Å². The minimum absolute atomic E-state index is 0.193. The van der Waals surface area contributed by atoms with Gasteiger partial charge < -0.3 is 10.6 Å². The number of hydrogen-bond acceptors (Lipinski definition) is 5. The van der Waals surface area contributed by atoms with Crippen LogP contribution in [0.2, 0.25) is 0 Å². The summed E-state index contributed by atoms with van der Waals surface area (Å²) in [4.78, 5) is 41.8. The van der Waals surface area contributed by atoms with Crippen molar-refractivity contribution in [2.24, 2.45) is 0 Å². The number of aryl methyl sites for hydroxylation is 1.